The quantitative estimate of drug-likeness (QED) is 0.350. The van der Waals surface area contributed by atoms with E-state index in [1.165, 1.54) is 7.11 Å². The maximum absolute atomic E-state index is 13.0. The predicted molar refractivity (Wildman–Crippen MR) is 152 cm³/mol. The Morgan fingerprint density at radius 2 is 1.60 bits per heavy atom. The van der Waals surface area contributed by atoms with Gasteiger partial charge in [0.25, 0.3) is 5.91 Å². The molecule has 3 rings (SSSR count). The highest BCUT2D eigenvalue weighted by Crippen LogP contribution is 2.22. The second-order valence-corrected chi connectivity index (χ2v) is 10.5. The summed E-state index contributed by atoms with van der Waals surface area (Å²) in [5.74, 6) is -1.38. The number of nitriles is 1. The number of nitrogens with zero attached hydrogens (tertiary/aromatic N) is 1. The van der Waals surface area contributed by atoms with Crippen LogP contribution in [0.4, 0.5) is 4.79 Å². The standard InChI is InChI=1S/C32H35N3O5/c1-21(28(30(37)39-5)18-22-8-6-9-23(16-22)19-33)35-29(36)26-14-12-25(13-15-26)27-11-7-10-24(17-27)20-34-31(38)40-32(2,3)4/h6-17,21,28H,18,20H2,1-5H3,(H,34,38)(H,35,36). The zero-order valence-corrected chi connectivity index (χ0v) is 23.5. The first-order valence-electron chi connectivity index (χ1n) is 13.0. The number of amides is 2. The summed E-state index contributed by atoms with van der Waals surface area (Å²) in [6.07, 6.45) is -0.158. The van der Waals surface area contributed by atoms with Gasteiger partial charge in [-0.2, -0.15) is 5.26 Å². The number of alkyl carbamates (subject to hydrolysis) is 1. The van der Waals surface area contributed by atoms with Gasteiger partial charge in [0.1, 0.15) is 5.60 Å². The summed E-state index contributed by atoms with van der Waals surface area (Å²) in [6.45, 7) is 7.52. The third kappa shape index (κ3) is 8.70. The molecule has 0 aliphatic heterocycles. The molecule has 2 N–H and O–H groups in total. The fraction of sp³-hybridized carbons (Fsp3) is 0.312. The van der Waals surface area contributed by atoms with Crippen LogP contribution in [0, 0.1) is 17.2 Å². The minimum absolute atomic E-state index is 0.311. The lowest BCUT2D eigenvalue weighted by atomic mass is 9.92. The van der Waals surface area contributed by atoms with Crippen molar-refractivity contribution in [2.75, 3.05) is 7.11 Å². The summed E-state index contributed by atoms with van der Waals surface area (Å²) in [6, 6.07) is 23.5. The van der Waals surface area contributed by atoms with Crippen LogP contribution in [0.15, 0.2) is 72.8 Å². The summed E-state index contributed by atoms with van der Waals surface area (Å²) in [5, 5.41) is 14.8. The van der Waals surface area contributed by atoms with Crippen LogP contribution in [0.3, 0.4) is 0 Å². The lowest BCUT2D eigenvalue weighted by molar-refractivity contribution is -0.146. The van der Waals surface area contributed by atoms with E-state index >= 15 is 0 Å². The highest BCUT2D eigenvalue weighted by Gasteiger charge is 2.28. The normalized spacial score (nSPS) is 12.4. The van der Waals surface area contributed by atoms with E-state index in [4.69, 9.17) is 9.47 Å². The SMILES string of the molecule is COC(=O)C(Cc1cccc(C#N)c1)C(C)NC(=O)c1ccc(-c2cccc(CNC(=O)OC(C)(C)C)c2)cc1. The molecule has 2 amide bonds. The Morgan fingerprint density at radius 3 is 2.25 bits per heavy atom. The minimum Gasteiger partial charge on any atom is -0.469 e. The Labute approximate surface area is 235 Å². The molecule has 208 valence electrons. The van der Waals surface area contributed by atoms with Crippen molar-refractivity contribution in [2.45, 2.75) is 52.3 Å². The molecule has 3 aromatic rings. The van der Waals surface area contributed by atoms with Crippen molar-refractivity contribution < 1.29 is 23.9 Å². The summed E-state index contributed by atoms with van der Waals surface area (Å²) in [4.78, 5) is 37.5. The Balaban J connectivity index is 1.66. The van der Waals surface area contributed by atoms with Gasteiger partial charge in [-0.15, -0.1) is 0 Å². The Morgan fingerprint density at radius 1 is 0.925 bits per heavy atom. The van der Waals surface area contributed by atoms with E-state index in [0.717, 1.165) is 22.3 Å². The molecule has 0 bridgehead atoms. The molecule has 0 heterocycles. The number of methoxy groups -OCH3 is 1. The molecule has 0 spiro atoms. The monoisotopic (exact) mass is 541 g/mol. The average Bonchev–Trinajstić information content (AvgIpc) is 2.93. The van der Waals surface area contributed by atoms with Crippen molar-refractivity contribution in [3.05, 3.63) is 95.1 Å². The molecule has 0 aromatic heterocycles. The molecule has 2 unspecified atom stereocenters. The Hall–Kier alpha value is -4.64. The van der Waals surface area contributed by atoms with Crippen molar-refractivity contribution in [1.82, 2.24) is 10.6 Å². The summed E-state index contributed by atoms with van der Waals surface area (Å²) in [5.41, 5.74) is 3.96. The van der Waals surface area contributed by atoms with Crippen LogP contribution in [0.25, 0.3) is 11.1 Å². The molecule has 2 atom stereocenters. The van der Waals surface area contributed by atoms with Gasteiger partial charge in [0.05, 0.1) is 24.7 Å². The minimum atomic E-state index is -0.626. The van der Waals surface area contributed by atoms with Gasteiger partial charge in [0, 0.05) is 18.2 Å². The van der Waals surface area contributed by atoms with Gasteiger partial charge >= 0.3 is 12.1 Å². The molecular formula is C32H35N3O5. The molecule has 0 aliphatic rings. The van der Waals surface area contributed by atoms with Gasteiger partial charge in [-0.25, -0.2) is 4.79 Å². The van der Waals surface area contributed by atoms with Gasteiger partial charge in [-0.1, -0.05) is 42.5 Å². The van der Waals surface area contributed by atoms with E-state index < -0.39 is 29.6 Å². The first kappa shape index (κ1) is 29.9. The van der Waals surface area contributed by atoms with E-state index in [2.05, 4.69) is 16.7 Å². The van der Waals surface area contributed by atoms with Gasteiger partial charge in [0.15, 0.2) is 0 Å². The molecule has 8 heteroatoms. The van der Waals surface area contributed by atoms with Crippen LogP contribution in [-0.2, 0) is 27.2 Å². The first-order valence-corrected chi connectivity index (χ1v) is 13.0. The third-order valence-electron chi connectivity index (χ3n) is 6.22. The van der Waals surface area contributed by atoms with Crippen LogP contribution >= 0.6 is 0 Å². The number of rotatable bonds is 9. The number of carbonyl (C=O) groups is 3. The summed E-state index contributed by atoms with van der Waals surface area (Å²) in [7, 11) is 1.32. The summed E-state index contributed by atoms with van der Waals surface area (Å²) < 4.78 is 10.3. The number of esters is 1. The average molecular weight is 542 g/mol. The van der Waals surface area contributed by atoms with Crippen molar-refractivity contribution in [3.63, 3.8) is 0 Å². The van der Waals surface area contributed by atoms with Gasteiger partial charge in [-0.05, 0) is 86.7 Å². The second-order valence-electron chi connectivity index (χ2n) is 10.5. The van der Waals surface area contributed by atoms with Crippen molar-refractivity contribution in [1.29, 1.82) is 5.26 Å². The molecule has 0 fully saturated rings. The van der Waals surface area contributed by atoms with Crippen molar-refractivity contribution in [2.24, 2.45) is 5.92 Å². The van der Waals surface area contributed by atoms with Crippen molar-refractivity contribution >= 4 is 18.0 Å². The molecule has 40 heavy (non-hydrogen) atoms. The van der Waals surface area contributed by atoms with Gasteiger partial charge in [0.2, 0.25) is 0 Å². The number of hydrogen-bond acceptors (Lipinski definition) is 6. The number of ether oxygens (including phenoxy) is 2. The molecule has 0 aliphatic carbocycles. The first-order chi connectivity index (χ1) is 19.0. The van der Waals surface area contributed by atoms with E-state index in [9.17, 15) is 19.6 Å². The highest BCUT2D eigenvalue weighted by atomic mass is 16.6. The predicted octanol–water partition coefficient (Wildman–Crippen LogP) is 5.40. The smallest absolute Gasteiger partial charge is 0.407 e. The van der Waals surface area contributed by atoms with Crippen LogP contribution < -0.4 is 10.6 Å². The highest BCUT2D eigenvalue weighted by molar-refractivity contribution is 5.95. The van der Waals surface area contributed by atoms with Gasteiger partial charge in [-0.3, -0.25) is 9.59 Å². The third-order valence-corrected chi connectivity index (χ3v) is 6.22. The largest absolute Gasteiger partial charge is 0.469 e. The molecular weight excluding hydrogens is 506 g/mol. The number of carbonyl (C=O) groups excluding carboxylic acids is 3. The van der Waals surface area contributed by atoms with E-state index in [-0.39, 0.29) is 5.91 Å². The number of benzene rings is 3. The van der Waals surface area contributed by atoms with Crippen LogP contribution in [-0.4, -0.2) is 36.7 Å². The Bertz CT molecular complexity index is 1390. The van der Waals surface area contributed by atoms with E-state index in [1.54, 1.807) is 37.3 Å². The molecule has 3 aromatic carbocycles. The summed E-state index contributed by atoms with van der Waals surface area (Å²) >= 11 is 0. The zero-order chi connectivity index (χ0) is 29.3. The molecule has 0 radical (unpaired) electrons. The fourth-order valence-corrected chi connectivity index (χ4v) is 4.19. The number of nitrogens with one attached hydrogen (secondary N) is 2. The fourth-order valence-electron chi connectivity index (χ4n) is 4.19. The van der Waals surface area contributed by atoms with Crippen LogP contribution in [0.1, 0.15) is 54.7 Å². The van der Waals surface area contributed by atoms with Crippen LogP contribution in [0.2, 0.25) is 0 Å². The molecule has 8 nitrogen and oxygen atoms in total. The van der Waals surface area contributed by atoms with Crippen molar-refractivity contribution in [3.8, 4) is 17.2 Å². The lowest BCUT2D eigenvalue weighted by Gasteiger charge is -2.23. The number of hydrogen-bond donors (Lipinski definition) is 2. The van der Waals surface area contributed by atoms with E-state index in [0.29, 0.717) is 24.1 Å². The molecule has 0 saturated heterocycles. The Kier molecular flexibility index (Phi) is 10.0. The zero-order valence-electron chi connectivity index (χ0n) is 23.5. The second kappa shape index (κ2) is 13.4. The maximum atomic E-state index is 13.0. The van der Waals surface area contributed by atoms with Crippen LogP contribution in [0.5, 0.6) is 0 Å². The van der Waals surface area contributed by atoms with Gasteiger partial charge < -0.3 is 20.1 Å². The molecule has 0 saturated carbocycles. The maximum Gasteiger partial charge on any atom is 0.407 e. The lowest BCUT2D eigenvalue weighted by Crippen LogP contribution is -2.42. The topological polar surface area (TPSA) is 118 Å². The van der Waals surface area contributed by atoms with E-state index in [1.807, 2.05) is 63.2 Å².